The molecule has 6 nitrogen and oxygen atoms in total. The van der Waals surface area contributed by atoms with E-state index in [-0.39, 0.29) is 12.5 Å². The summed E-state index contributed by atoms with van der Waals surface area (Å²) in [5.41, 5.74) is -0.811. The summed E-state index contributed by atoms with van der Waals surface area (Å²) in [6.45, 7) is 2.54. The minimum Gasteiger partial charge on any atom is -0.339 e. The van der Waals surface area contributed by atoms with Gasteiger partial charge in [-0.15, -0.1) is 0 Å². The molecule has 0 saturated carbocycles. The van der Waals surface area contributed by atoms with Gasteiger partial charge in [-0.2, -0.15) is 11.8 Å². The highest BCUT2D eigenvalue weighted by Crippen LogP contribution is 2.29. The quantitative estimate of drug-likeness (QED) is 0.830. The number of nitrogens with zero attached hydrogens (tertiary/aromatic N) is 2. The zero-order chi connectivity index (χ0) is 17.3. The van der Waals surface area contributed by atoms with E-state index in [0.717, 1.165) is 16.4 Å². The van der Waals surface area contributed by atoms with Crippen LogP contribution in [0.4, 0.5) is 9.18 Å². The number of urea groups is 1. The first-order chi connectivity index (χ1) is 11.4. The molecule has 24 heavy (non-hydrogen) atoms. The Hall–Kier alpha value is -2.09. The van der Waals surface area contributed by atoms with E-state index in [1.807, 2.05) is 0 Å². The van der Waals surface area contributed by atoms with Gasteiger partial charge in [-0.05, 0) is 24.6 Å². The normalized spacial score (nSPS) is 24.2. The van der Waals surface area contributed by atoms with E-state index in [4.69, 9.17) is 0 Å². The van der Waals surface area contributed by atoms with Crippen LogP contribution in [0.25, 0.3) is 0 Å². The van der Waals surface area contributed by atoms with Gasteiger partial charge in [-0.1, -0.05) is 12.1 Å². The predicted molar refractivity (Wildman–Crippen MR) is 87.9 cm³/mol. The Morgan fingerprint density at radius 1 is 1.25 bits per heavy atom. The summed E-state index contributed by atoms with van der Waals surface area (Å²) in [6, 6.07) is 4.78. The standard InChI is InChI=1S/C16H18FN3O3S/c1-16(11-2-4-12(17)5-3-11)14(22)20(15(23)18-16)10-13(21)19-6-8-24-9-7-19/h2-5H,6-10H2,1H3,(H,18,23). The summed E-state index contributed by atoms with van der Waals surface area (Å²) >= 11 is 1.77. The fourth-order valence-corrected chi connectivity index (χ4v) is 3.77. The molecular formula is C16H18FN3O3S. The summed E-state index contributed by atoms with van der Waals surface area (Å²) in [7, 11) is 0. The number of nitrogens with one attached hydrogen (secondary N) is 1. The van der Waals surface area contributed by atoms with Gasteiger partial charge >= 0.3 is 6.03 Å². The zero-order valence-corrected chi connectivity index (χ0v) is 14.1. The minimum atomic E-state index is -1.29. The van der Waals surface area contributed by atoms with Crippen molar-refractivity contribution in [2.45, 2.75) is 12.5 Å². The maximum atomic E-state index is 13.1. The Balaban J connectivity index is 1.76. The van der Waals surface area contributed by atoms with Crippen molar-refractivity contribution in [3.8, 4) is 0 Å². The van der Waals surface area contributed by atoms with Crippen molar-refractivity contribution in [2.24, 2.45) is 0 Å². The van der Waals surface area contributed by atoms with Crippen LogP contribution in [0.3, 0.4) is 0 Å². The van der Waals surface area contributed by atoms with E-state index in [1.165, 1.54) is 24.3 Å². The Morgan fingerprint density at radius 2 is 1.88 bits per heavy atom. The molecule has 0 radical (unpaired) electrons. The van der Waals surface area contributed by atoms with Crippen molar-refractivity contribution in [2.75, 3.05) is 31.1 Å². The first-order valence-electron chi connectivity index (χ1n) is 7.67. The number of halogens is 1. The number of benzene rings is 1. The average Bonchev–Trinajstić information content (AvgIpc) is 2.80. The molecule has 1 N–H and O–H groups in total. The van der Waals surface area contributed by atoms with Crippen LogP contribution < -0.4 is 5.32 Å². The Morgan fingerprint density at radius 3 is 2.50 bits per heavy atom. The summed E-state index contributed by atoms with van der Waals surface area (Å²) in [4.78, 5) is 39.9. The second-order valence-electron chi connectivity index (χ2n) is 5.95. The van der Waals surface area contributed by atoms with E-state index < -0.39 is 23.3 Å². The van der Waals surface area contributed by atoms with Crippen LogP contribution in [-0.4, -0.2) is 58.8 Å². The lowest BCUT2D eigenvalue weighted by atomic mass is 9.92. The van der Waals surface area contributed by atoms with Gasteiger partial charge in [0.1, 0.15) is 17.9 Å². The number of rotatable bonds is 3. The predicted octanol–water partition coefficient (Wildman–Crippen LogP) is 1.17. The van der Waals surface area contributed by atoms with Gasteiger partial charge in [0.25, 0.3) is 5.91 Å². The lowest BCUT2D eigenvalue weighted by molar-refractivity contribution is -0.138. The molecule has 0 aliphatic carbocycles. The number of hydrogen-bond acceptors (Lipinski definition) is 4. The van der Waals surface area contributed by atoms with Gasteiger partial charge in [0.05, 0.1) is 0 Å². The molecule has 2 aliphatic rings. The summed E-state index contributed by atoms with van der Waals surface area (Å²) < 4.78 is 13.1. The van der Waals surface area contributed by atoms with Crippen LogP contribution in [0.2, 0.25) is 0 Å². The number of carbonyl (C=O) groups excluding carboxylic acids is 3. The smallest absolute Gasteiger partial charge is 0.325 e. The zero-order valence-electron chi connectivity index (χ0n) is 13.3. The molecule has 0 bridgehead atoms. The topological polar surface area (TPSA) is 69.7 Å². The Bertz CT molecular complexity index is 676. The maximum absolute atomic E-state index is 13.1. The SMILES string of the molecule is CC1(c2ccc(F)cc2)NC(=O)N(CC(=O)N2CCSCC2)C1=O. The van der Waals surface area contributed by atoms with E-state index in [9.17, 15) is 18.8 Å². The third-order valence-corrected chi connectivity index (χ3v) is 5.30. The molecule has 0 spiro atoms. The fourth-order valence-electron chi connectivity index (χ4n) is 2.87. The second-order valence-corrected chi connectivity index (χ2v) is 7.17. The summed E-state index contributed by atoms with van der Waals surface area (Å²) in [5.74, 6) is 0.563. The molecule has 2 fully saturated rings. The molecule has 1 unspecified atom stereocenters. The van der Waals surface area contributed by atoms with Crippen LogP contribution in [0, 0.1) is 5.82 Å². The number of hydrogen-bond donors (Lipinski definition) is 1. The van der Waals surface area contributed by atoms with Gasteiger partial charge in [-0.3, -0.25) is 14.5 Å². The van der Waals surface area contributed by atoms with Gasteiger partial charge in [0.2, 0.25) is 5.91 Å². The van der Waals surface area contributed by atoms with E-state index in [1.54, 1.807) is 23.6 Å². The highest BCUT2D eigenvalue weighted by Gasteiger charge is 2.49. The molecule has 2 aliphatic heterocycles. The number of imide groups is 1. The van der Waals surface area contributed by atoms with Crippen molar-refractivity contribution in [1.29, 1.82) is 0 Å². The van der Waals surface area contributed by atoms with Crippen LogP contribution >= 0.6 is 11.8 Å². The monoisotopic (exact) mass is 351 g/mol. The maximum Gasteiger partial charge on any atom is 0.325 e. The van der Waals surface area contributed by atoms with Gasteiger partial charge < -0.3 is 10.2 Å². The molecule has 2 heterocycles. The molecule has 4 amide bonds. The Labute approximate surface area is 143 Å². The Kier molecular flexibility index (Phi) is 4.49. The number of carbonyl (C=O) groups is 3. The summed E-state index contributed by atoms with van der Waals surface area (Å²) in [6.07, 6.45) is 0. The summed E-state index contributed by atoms with van der Waals surface area (Å²) in [5, 5.41) is 2.61. The van der Waals surface area contributed by atoms with Gasteiger partial charge in [0.15, 0.2) is 0 Å². The molecule has 8 heteroatoms. The van der Waals surface area contributed by atoms with E-state index >= 15 is 0 Å². The average molecular weight is 351 g/mol. The first kappa shape index (κ1) is 16.8. The molecule has 2 saturated heterocycles. The van der Waals surface area contributed by atoms with E-state index in [0.29, 0.717) is 18.7 Å². The molecule has 1 aromatic rings. The van der Waals surface area contributed by atoms with Crippen molar-refractivity contribution < 1.29 is 18.8 Å². The molecule has 0 aromatic heterocycles. The van der Waals surface area contributed by atoms with Crippen molar-refractivity contribution in [3.63, 3.8) is 0 Å². The van der Waals surface area contributed by atoms with Gasteiger partial charge in [-0.25, -0.2) is 9.18 Å². The molecule has 1 aromatic carbocycles. The number of amides is 4. The van der Waals surface area contributed by atoms with E-state index in [2.05, 4.69) is 5.32 Å². The van der Waals surface area contributed by atoms with Crippen LogP contribution in [0.5, 0.6) is 0 Å². The van der Waals surface area contributed by atoms with Crippen LogP contribution in [0.1, 0.15) is 12.5 Å². The largest absolute Gasteiger partial charge is 0.339 e. The minimum absolute atomic E-state index is 0.234. The highest BCUT2D eigenvalue weighted by atomic mass is 32.2. The van der Waals surface area contributed by atoms with Crippen molar-refractivity contribution >= 4 is 29.6 Å². The lowest BCUT2D eigenvalue weighted by Crippen LogP contribution is -2.46. The fraction of sp³-hybridized carbons (Fsp3) is 0.438. The van der Waals surface area contributed by atoms with Gasteiger partial charge in [0, 0.05) is 24.6 Å². The second kappa shape index (κ2) is 6.43. The van der Waals surface area contributed by atoms with Crippen molar-refractivity contribution in [3.05, 3.63) is 35.6 Å². The van der Waals surface area contributed by atoms with Crippen LogP contribution in [-0.2, 0) is 15.1 Å². The highest BCUT2D eigenvalue weighted by molar-refractivity contribution is 7.99. The molecule has 3 rings (SSSR count). The third kappa shape index (κ3) is 2.98. The number of thioether (sulfide) groups is 1. The van der Waals surface area contributed by atoms with Crippen molar-refractivity contribution in [1.82, 2.24) is 15.1 Å². The molecular weight excluding hydrogens is 333 g/mol. The third-order valence-electron chi connectivity index (χ3n) is 4.35. The first-order valence-corrected chi connectivity index (χ1v) is 8.83. The molecule has 128 valence electrons. The molecule has 1 atom stereocenters. The van der Waals surface area contributed by atoms with Crippen LogP contribution in [0.15, 0.2) is 24.3 Å². The lowest BCUT2D eigenvalue weighted by Gasteiger charge is -2.28.